The number of fused-ring (bicyclic) bond motifs is 1. The van der Waals surface area contributed by atoms with E-state index in [4.69, 9.17) is 4.74 Å². The molecule has 0 spiro atoms. The number of hydrogen-bond acceptors (Lipinski definition) is 4. The maximum absolute atomic E-state index is 9.85. The van der Waals surface area contributed by atoms with Gasteiger partial charge in [-0.25, -0.2) is 0 Å². The fourth-order valence-electron chi connectivity index (χ4n) is 2.20. The van der Waals surface area contributed by atoms with Crippen molar-refractivity contribution in [3.63, 3.8) is 0 Å². The van der Waals surface area contributed by atoms with Crippen LogP contribution in [0.15, 0.2) is 23.1 Å². The van der Waals surface area contributed by atoms with Gasteiger partial charge in [0.2, 0.25) is 0 Å². The summed E-state index contributed by atoms with van der Waals surface area (Å²) < 4.78 is 5.71. The summed E-state index contributed by atoms with van der Waals surface area (Å²) in [6, 6.07) is 6.68. The SMILES string of the molecule is CC(C)NC[C@@H](O)COc1ccc2c(c1)CCCCS2. The second kappa shape index (κ2) is 7.91. The lowest BCUT2D eigenvalue weighted by atomic mass is 10.1. The first-order valence-corrected chi connectivity index (χ1v) is 8.43. The summed E-state index contributed by atoms with van der Waals surface area (Å²) >= 11 is 1.94. The molecule has 0 amide bonds. The molecule has 1 aromatic rings. The zero-order chi connectivity index (χ0) is 14.4. The zero-order valence-corrected chi connectivity index (χ0v) is 13.2. The fourth-order valence-corrected chi connectivity index (χ4v) is 3.28. The van der Waals surface area contributed by atoms with Crippen molar-refractivity contribution in [3.8, 4) is 5.75 Å². The summed E-state index contributed by atoms with van der Waals surface area (Å²) in [6.45, 7) is 5.04. The van der Waals surface area contributed by atoms with Crippen molar-refractivity contribution in [1.29, 1.82) is 0 Å². The van der Waals surface area contributed by atoms with Crippen LogP contribution in [0, 0.1) is 0 Å². The van der Waals surface area contributed by atoms with Gasteiger partial charge in [0.15, 0.2) is 0 Å². The molecule has 0 bridgehead atoms. The fraction of sp³-hybridized carbons (Fsp3) is 0.625. The minimum Gasteiger partial charge on any atom is -0.491 e. The van der Waals surface area contributed by atoms with E-state index in [-0.39, 0.29) is 0 Å². The molecule has 112 valence electrons. The van der Waals surface area contributed by atoms with Gasteiger partial charge in [-0.2, -0.15) is 0 Å². The standard InChI is InChI=1S/C16H25NO2S/c1-12(2)17-10-14(18)11-19-15-6-7-16-13(9-15)5-3-4-8-20-16/h6-7,9,12,14,17-18H,3-5,8,10-11H2,1-2H3/t14-/m1/s1. The minimum atomic E-state index is -0.467. The van der Waals surface area contributed by atoms with Gasteiger partial charge < -0.3 is 15.2 Å². The molecule has 0 saturated carbocycles. The second-order valence-corrected chi connectivity index (χ2v) is 6.74. The number of ether oxygens (including phenoxy) is 1. The van der Waals surface area contributed by atoms with Gasteiger partial charge in [-0.3, -0.25) is 0 Å². The topological polar surface area (TPSA) is 41.5 Å². The highest BCUT2D eigenvalue weighted by atomic mass is 32.2. The van der Waals surface area contributed by atoms with Gasteiger partial charge in [-0.1, -0.05) is 13.8 Å². The van der Waals surface area contributed by atoms with Crippen LogP contribution in [0.4, 0.5) is 0 Å². The number of aliphatic hydroxyl groups excluding tert-OH is 1. The van der Waals surface area contributed by atoms with E-state index < -0.39 is 6.10 Å². The molecule has 1 aliphatic rings. The Hall–Kier alpha value is -0.710. The lowest BCUT2D eigenvalue weighted by molar-refractivity contribution is 0.104. The number of benzene rings is 1. The van der Waals surface area contributed by atoms with E-state index in [1.54, 1.807) is 0 Å². The quantitative estimate of drug-likeness (QED) is 0.847. The molecular formula is C16H25NO2S. The van der Waals surface area contributed by atoms with Gasteiger partial charge in [0.25, 0.3) is 0 Å². The molecule has 20 heavy (non-hydrogen) atoms. The van der Waals surface area contributed by atoms with Gasteiger partial charge >= 0.3 is 0 Å². The van der Waals surface area contributed by atoms with Crippen molar-refractivity contribution in [2.45, 2.75) is 50.2 Å². The predicted molar refractivity (Wildman–Crippen MR) is 84.7 cm³/mol. The number of aryl methyl sites for hydroxylation is 1. The van der Waals surface area contributed by atoms with Crippen molar-refractivity contribution in [2.24, 2.45) is 0 Å². The van der Waals surface area contributed by atoms with E-state index in [1.165, 1.54) is 29.1 Å². The highest BCUT2D eigenvalue weighted by molar-refractivity contribution is 7.99. The molecule has 1 aliphatic heterocycles. The van der Waals surface area contributed by atoms with Crippen LogP contribution in [-0.2, 0) is 6.42 Å². The summed E-state index contributed by atoms with van der Waals surface area (Å²) in [7, 11) is 0. The van der Waals surface area contributed by atoms with E-state index >= 15 is 0 Å². The van der Waals surface area contributed by atoms with Crippen LogP contribution in [0.1, 0.15) is 32.3 Å². The number of aliphatic hydroxyl groups is 1. The maximum Gasteiger partial charge on any atom is 0.119 e. The highest BCUT2D eigenvalue weighted by Crippen LogP contribution is 2.31. The molecule has 0 fully saturated rings. The molecule has 0 aromatic heterocycles. The van der Waals surface area contributed by atoms with Crippen LogP contribution < -0.4 is 10.1 Å². The normalized spacial score (nSPS) is 16.6. The average molecular weight is 295 g/mol. The van der Waals surface area contributed by atoms with Crippen molar-refractivity contribution < 1.29 is 9.84 Å². The molecule has 0 unspecified atom stereocenters. The Kier molecular flexibility index (Phi) is 6.20. The summed E-state index contributed by atoms with van der Waals surface area (Å²) in [5, 5.41) is 13.1. The highest BCUT2D eigenvalue weighted by Gasteiger charge is 2.11. The first-order chi connectivity index (χ1) is 9.65. The van der Waals surface area contributed by atoms with Crippen molar-refractivity contribution in [2.75, 3.05) is 18.9 Å². The lowest BCUT2D eigenvalue weighted by Crippen LogP contribution is -2.35. The Labute approximate surface area is 126 Å². The lowest BCUT2D eigenvalue weighted by Gasteiger charge is -2.16. The Balaban J connectivity index is 1.85. The Morgan fingerprint density at radius 1 is 1.35 bits per heavy atom. The van der Waals surface area contributed by atoms with E-state index in [2.05, 4.69) is 31.3 Å². The molecule has 2 N–H and O–H groups in total. The van der Waals surface area contributed by atoms with Gasteiger partial charge in [0.05, 0.1) is 0 Å². The van der Waals surface area contributed by atoms with Gasteiger partial charge in [-0.05, 0) is 48.8 Å². The van der Waals surface area contributed by atoms with E-state index in [0.717, 1.165) is 12.2 Å². The third kappa shape index (κ3) is 5.00. The van der Waals surface area contributed by atoms with Gasteiger partial charge in [0.1, 0.15) is 18.5 Å². The Morgan fingerprint density at radius 3 is 3.00 bits per heavy atom. The van der Waals surface area contributed by atoms with Crippen LogP contribution in [0.2, 0.25) is 0 Å². The van der Waals surface area contributed by atoms with Crippen LogP contribution in [0.25, 0.3) is 0 Å². The number of hydrogen-bond donors (Lipinski definition) is 2. The third-order valence-corrected chi connectivity index (χ3v) is 4.54. The summed E-state index contributed by atoms with van der Waals surface area (Å²) in [6.07, 6.45) is 3.21. The Bertz CT molecular complexity index is 423. The van der Waals surface area contributed by atoms with E-state index in [1.807, 2.05) is 17.8 Å². The monoisotopic (exact) mass is 295 g/mol. The van der Waals surface area contributed by atoms with Gasteiger partial charge in [0, 0.05) is 17.5 Å². The van der Waals surface area contributed by atoms with Crippen molar-refractivity contribution in [1.82, 2.24) is 5.32 Å². The first-order valence-electron chi connectivity index (χ1n) is 7.45. The minimum absolute atomic E-state index is 0.339. The van der Waals surface area contributed by atoms with Crippen LogP contribution in [-0.4, -0.2) is 36.2 Å². The number of rotatable bonds is 6. The number of thioether (sulfide) groups is 1. The summed E-state index contributed by atoms with van der Waals surface area (Å²) in [5.74, 6) is 2.09. The molecule has 3 nitrogen and oxygen atoms in total. The Morgan fingerprint density at radius 2 is 2.20 bits per heavy atom. The first kappa shape index (κ1) is 15.7. The largest absolute Gasteiger partial charge is 0.491 e. The zero-order valence-electron chi connectivity index (χ0n) is 12.4. The molecule has 1 heterocycles. The predicted octanol–water partition coefficient (Wildman–Crippen LogP) is 2.85. The molecule has 0 radical (unpaired) electrons. The molecule has 0 saturated heterocycles. The maximum atomic E-state index is 9.85. The summed E-state index contributed by atoms with van der Waals surface area (Å²) in [5.41, 5.74) is 1.39. The average Bonchev–Trinajstić information content (AvgIpc) is 2.67. The molecular weight excluding hydrogens is 270 g/mol. The second-order valence-electron chi connectivity index (χ2n) is 5.60. The molecule has 0 aliphatic carbocycles. The van der Waals surface area contributed by atoms with Crippen molar-refractivity contribution in [3.05, 3.63) is 23.8 Å². The number of nitrogens with one attached hydrogen (secondary N) is 1. The molecule has 1 atom stereocenters. The van der Waals surface area contributed by atoms with Crippen LogP contribution >= 0.6 is 11.8 Å². The van der Waals surface area contributed by atoms with Crippen LogP contribution in [0.3, 0.4) is 0 Å². The molecule has 4 heteroatoms. The van der Waals surface area contributed by atoms with E-state index in [0.29, 0.717) is 19.2 Å². The van der Waals surface area contributed by atoms with Gasteiger partial charge in [-0.15, -0.1) is 11.8 Å². The van der Waals surface area contributed by atoms with Crippen molar-refractivity contribution >= 4 is 11.8 Å². The summed E-state index contributed by atoms with van der Waals surface area (Å²) in [4.78, 5) is 1.39. The molecule has 1 aromatic carbocycles. The van der Waals surface area contributed by atoms with E-state index in [9.17, 15) is 5.11 Å². The third-order valence-electron chi connectivity index (χ3n) is 3.33. The molecule has 2 rings (SSSR count). The smallest absolute Gasteiger partial charge is 0.119 e. The van der Waals surface area contributed by atoms with Crippen LogP contribution in [0.5, 0.6) is 5.75 Å².